The number of benzene rings is 1. The molecule has 0 amide bonds. The lowest BCUT2D eigenvalue weighted by molar-refractivity contribution is 0.249. The Morgan fingerprint density at radius 1 is 1.17 bits per heavy atom. The molecular formula is C20H17FN6O2. The minimum atomic E-state index is -0.251. The second-order valence-corrected chi connectivity index (χ2v) is 7.28. The summed E-state index contributed by atoms with van der Waals surface area (Å²) in [5.74, 6) is 1.75. The maximum absolute atomic E-state index is 14.6. The lowest BCUT2D eigenvalue weighted by Crippen LogP contribution is -2.13. The van der Waals surface area contributed by atoms with Crippen molar-refractivity contribution in [3.63, 3.8) is 0 Å². The van der Waals surface area contributed by atoms with Crippen LogP contribution in [0, 0.1) is 12.7 Å². The average Bonchev–Trinajstić information content (AvgIpc) is 3.45. The second-order valence-electron chi connectivity index (χ2n) is 7.28. The molecule has 1 aromatic carbocycles. The maximum Gasteiger partial charge on any atom is 0.188 e. The van der Waals surface area contributed by atoms with Gasteiger partial charge in [-0.3, -0.25) is 4.40 Å². The fraction of sp³-hybridized carbons (Fsp3) is 0.250. The number of nitrogens with zero attached hydrogens (tertiary/aromatic N) is 5. The van der Waals surface area contributed by atoms with Gasteiger partial charge in [0.1, 0.15) is 23.6 Å². The molecule has 5 heterocycles. The van der Waals surface area contributed by atoms with Crippen molar-refractivity contribution in [3.8, 4) is 17.2 Å². The topological polar surface area (TPSA) is 78.5 Å². The minimum absolute atomic E-state index is 0.0320. The zero-order valence-electron chi connectivity index (χ0n) is 15.6. The molecule has 29 heavy (non-hydrogen) atoms. The fourth-order valence-corrected chi connectivity index (χ4v) is 4.09. The van der Waals surface area contributed by atoms with E-state index in [1.807, 2.05) is 29.7 Å². The van der Waals surface area contributed by atoms with E-state index < -0.39 is 0 Å². The Bertz CT molecular complexity index is 1260. The Hall–Kier alpha value is -3.62. The van der Waals surface area contributed by atoms with E-state index in [1.165, 1.54) is 6.07 Å². The lowest BCUT2D eigenvalue weighted by atomic mass is 9.96. The highest BCUT2D eigenvalue weighted by Crippen LogP contribution is 2.41. The number of halogens is 1. The third kappa shape index (κ3) is 2.40. The van der Waals surface area contributed by atoms with Crippen LogP contribution in [0.25, 0.3) is 11.3 Å². The Balaban J connectivity index is 1.52. The van der Waals surface area contributed by atoms with Crippen LogP contribution in [0.15, 0.2) is 36.8 Å². The van der Waals surface area contributed by atoms with Crippen LogP contribution in [0.2, 0.25) is 0 Å². The van der Waals surface area contributed by atoms with E-state index >= 15 is 0 Å². The van der Waals surface area contributed by atoms with Gasteiger partial charge in [0.05, 0.1) is 24.8 Å². The van der Waals surface area contributed by atoms with Gasteiger partial charge in [0.15, 0.2) is 17.2 Å². The molecule has 2 aliphatic heterocycles. The molecule has 0 bridgehead atoms. The minimum Gasteiger partial charge on any atom is -0.493 e. The van der Waals surface area contributed by atoms with E-state index in [0.717, 1.165) is 22.7 Å². The van der Waals surface area contributed by atoms with Crippen molar-refractivity contribution in [2.24, 2.45) is 0 Å². The third-order valence-electron chi connectivity index (χ3n) is 5.47. The number of fused-ring (bicyclic) bond motifs is 3. The number of rotatable bonds is 1. The van der Waals surface area contributed by atoms with Gasteiger partial charge in [0.25, 0.3) is 0 Å². The highest BCUT2D eigenvalue weighted by Gasteiger charge is 2.31. The molecule has 0 unspecified atom stereocenters. The van der Waals surface area contributed by atoms with Gasteiger partial charge >= 0.3 is 0 Å². The molecule has 8 nitrogen and oxygen atoms in total. The zero-order valence-corrected chi connectivity index (χ0v) is 15.6. The van der Waals surface area contributed by atoms with Crippen molar-refractivity contribution in [2.45, 2.75) is 19.4 Å². The molecule has 0 radical (unpaired) electrons. The molecule has 1 N–H and O–H groups in total. The van der Waals surface area contributed by atoms with Crippen molar-refractivity contribution in [1.29, 1.82) is 0 Å². The highest BCUT2D eigenvalue weighted by atomic mass is 19.1. The Morgan fingerprint density at radius 3 is 2.86 bits per heavy atom. The summed E-state index contributed by atoms with van der Waals surface area (Å²) in [6.07, 6.45) is 3.49. The zero-order chi connectivity index (χ0) is 19.5. The summed E-state index contributed by atoms with van der Waals surface area (Å²) in [6, 6.07) is 6.96. The summed E-state index contributed by atoms with van der Waals surface area (Å²) >= 11 is 0. The first kappa shape index (κ1) is 16.3. The monoisotopic (exact) mass is 392 g/mol. The molecule has 0 aliphatic carbocycles. The first-order chi connectivity index (χ1) is 14.2. The lowest BCUT2D eigenvalue weighted by Gasteiger charge is -2.16. The first-order valence-corrected chi connectivity index (χ1v) is 9.39. The molecular weight excluding hydrogens is 375 g/mol. The number of aryl methyl sites for hydroxylation is 1. The number of nitrogens with one attached hydrogen (secondary N) is 1. The van der Waals surface area contributed by atoms with Crippen LogP contribution in [0.3, 0.4) is 0 Å². The molecule has 0 spiro atoms. The van der Waals surface area contributed by atoms with Gasteiger partial charge in [0.2, 0.25) is 0 Å². The van der Waals surface area contributed by atoms with Gasteiger partial charge in [-0.25, -0.2) is 9.07 Å². The summed E-state index contributed by atoms with van der Waals surface area (Å²) < 4.78 is 30.2. The van der Waals surface area contributed by atoms with Crippen LogP contribution in [-0.4, -0.2) is 37.6 Å². The Kier molecular flexibility index (Phi) is 3.35. The highest BCUT2D eigenvalue weighted by molar-refractivity contribution is 5.69. The van der Waals surface area contributed by atoms with Gasteiger partial charge in [-0.05, 0) is 25.1 Å². The molecule has 1 atom stereocenters. The van der Waals surface area contributed by atoms with Crippen LogP contribution in [0.5, 0.6) is 11.5 Å². The normalized spacial score (nSPS) is 17.4. The van der Waals surface area contributed by atoms with Crippen molar-refractivity contribution in [3.05, 3.63) is 59.4 Å². The van der Waals surface area contributed by atoms with Gasteiger partial charge < -0.3 is 14.8 Å². The number of hydrogen-bond acceptors (Lipinski definition) is 6. The van der Waals surface area contributed by atoms with Crippen molar-refractivity contribution < 1.29 is 13.9 Å². The first-order valence-electron chi connectivity index (χ1n) is 9.39. The maximum atomic E-state index is 14.6. The molecule has 2 aliphatic rings. The van der Waals surface area contributed by atoms with Crippen molar-refractivity contribution in [1.82, 2.24) is 24.4 Å². The average molecular weight is 392 g/mol. The van der Waals surface area contributed by atoms with Crippen LogP contribution >= 0.6 is 0 Å². The van der Waals surface area contributed by atoms with Crippen molar-refractivity contribution in [2.75, 3.05) is 18.5 Å². The number of anilines is 1. The fourth-order valence-electron chi connectivity index (χ4n) is 4.09. The third-order valence-corrected chi connectivity index (χ3v) is 5.47. The van der Waals surface area contributed by atoms with E-state index in [2.05, 4.69) is 20.6 Å². The van der Waals surface area contributed by atoms with Crippen LogP contribution in [0.4, 0.5) is 10.2 Å². The van der Waals surface area contributed by atoms with Gasteiger partial charge in [-0.2, -0.15) is 5.10 Å². The van der Waals surface area contributed by atoms with E-state index in [4.69, 9.17) is 9.47 Å². The number of aromatic nitrogens is 5. The molecule has 4 aromatic rings. The molecule has 0 saturated heterocycles. The quantitative estimate of drug-likeness (QED) is 0.537. The standard InChI is InChI=1S/C20H17FN6O2/c1-11-4-5-27(25-11)15-6-17-20(26-10-23-24-19(15)26)22-7-13-14(21)2-3-16-18(13)12(8-28-16)9-29-17/h2-6,10,12,22H,7-9H2,1H3/t12-/m0/s1. The summed E-state index contributed by atoms with van der Waals surface area (Å²) in [5.41, 5.74) is 3.76. The molecule has 9 heteroatoms. The number of hydrogen-bond donors (Lipinski definition) is 1. The summed E-state index contributed by atoms with van der Waals surface area (Å²) in [7, 11) is 0. The van der Waals surface area contributed by atoms with Gasteiger partial charge in [-0.1, -0.05) is 0 Å². The van der Waals surface area contributed by atoms with E-state index in [-0.39, 0.29) is 11.7 Å². The summed E-state index contributed by atoms with van der Waals surface area (Å²) in [4.78, 5) is 0. The predicted molar refractivity (Wildman–Crippen MR) is 102 cm³/mol. The summed E-state index contributed by atoms with van der Waals surface area (Å²) in [5, 5.41) is 16.1. The Morgan fingerprint density at radius 2 is 2.03 bits per heavy atom. The summed E-state index contributed by atoms with van der Waals surface area (Å²) in [6.45, 7) is 3.08. The number of pyridine rings is 1. The van der Waals surface area contributed by atoms with Gasteiger partial charge in [0, 0.05) is 29.9 Å². The van der Waals surface area contributed by atoms with Crippen LogP contribution in [-0.2, 0) is 6.54 Å². The van der Waals surface area contributed by atoms with E-state index in [9.17, 15) is 4.39 Å². The number of ether oxygens (including phenoxy) is 2. The molecule has 146 valence electrons. The van der Waals surface area contributed by atoms with Crippen LogP contribution in [0.1, 0.15) is 22.7 Å². The van der Waals surface area contributed by atoms with E-state index in [0.29, 0.717) is 42.5 Å². The van der Waals surface area contributed by atoms with Gasteiger partial charge in [-0.15, -0.1) is 10.2 Å². The predicted octanol–water partition coefficient (Wildman–Crippen LogP) is 2.84. The largest absolute Gasteiger partial charge is 0.493 e. The van der Waals surface area contributed by atoms with Crippen LogP contribution < -0.4 is 14.8 Å². The smallest absolute Gasteiger partial charge is 0.188 e. The molecule has 0 fully saturated rings. The van der Waals surface area contributed by atoms with E-state index in [1.54, 1.807) is 17.1 Å². The molecule has 3 aromatic heterocycles. The Labute approximate surface area is 164 Å². The molecule has 0 saturated carbocycles. The second kappa shape index (κ2) is 5.94. The molecule has 6 rings (SSSR count). The van der Waals surface area contributed by atoms with Crippen molar-refractivity contribution >= 4 is 11.5 Å². The SMILES string of the molecule is Cc1ccn(-c2cc3c(n4cnnc24)NCc2c(F)ccc4c2[C@@H](CO4)CO3)n1.